The van der Waals surface area contributed by atoms with E-state index in [4.69, 9.17) is 0 Å². The number of halogens is 2. The number of hydrogen-bond acceptors (Lipinski definition) is 4. The fourth-order valence-electron chi connectivity index (χ4n) is 5.37. The summed E-state index contributed by atoms with van der Waals surface area (Å²) in [5.41, 5.74) is 1.24. The Balaban J connectivity index is 0.00000320. The highest BCUT2D eigenvalue weighted by atomic mass is 79.9. The summed E-state index contributed by atoms with van der Waals surface area (Å²) in [5, 5.41) is 6.29. The Morgan fingerprint density at radius 3 is 2.35 bits per heavy atom. The fourth-order valence-corrected chi connectivity index (χ4v) is 5.63. The maximum absolute atomic E-state index is 13.3. The molecular weight excluding hydrogens is 556 g/mol. The van der Waals surface area contributed by atoms with Crippen LogP contribution in [0.3, 0.4) is 0 Å². The molecule has 0 bridgehead atoms. The SMILES string of the molecule is Cl.O=C(N[C@@H](CCN1CCC2(CC1)NC(=O)N(Cc1ccc(Br)cc1)C2=O)c1ccccc1)C1CCC1. The number of piperidine rings is 1. The van der Waals surface area contributed by atoms with Gasteiger partial charge in [0.25, 0.3) is 5.91 Å². The van der Waals surface area contributed by atoms with E-state index in [-0.39, 0.29) is 48.8 Å². The van der Waals surface area contributed by atoms with Gasteiger partial charge in [-0.25, -0.2) is 4.79 Å². The number of nitrogens with zero attached hydrogens (tertiary/aromatic N) is 2. The largest absolute Gasteiger partial charge is 0.349 e. The van der Waals surface area contributed by atoms with Crippen LogP contribution in [0, 0.1) is 5.92 Å². The summed E-state index contributed by atoms with van der Waals surface area (Å²) in [6, 6.07) is 17.5. The van der Waals surface area contributed by atoms with Crippen LogP contribution in [-0.4, -0.2) is 52.8 Å². The maximum Gasteiger partial charge on any atom is 0.325 e. The van der Waals surface area contributed by atoms with E-state index in [1.165, 1.54) is 4.90 Å². The van der Waals surface area contributed by atoms with Gasteiger partial charge >= 0.3 is 6.03 Å². The van der Waals surface area contributed by atoms with Crippen molar-refractivity contribution in [1.82, 2.24) is 20.4 Å². The van der Waals surface area contributed by atoms with E-state index in [0.717, 1.165) is 60.9 Å². The Labute approximate surface area is 232 Å². The van der Waals surface area contributed by atoms with Crippen molar-refractivity contribution < 1.29 is 14.4 Å². The van der Waals surface area contributed by atoms with E-state index >= 15 is 0 Å². The third kappa shape index (κ3) is 6.19. The first-order chi connectivity index (χ1) is 17.4. The average molecular weight is 590 g/mol. The third-order valence-electron chi connectivity index (χ3n) is 7.94. The summed E-state index contributed by atoms with van der Waals surface area (Å²) in [6.45, 7) is 2.57. The molecule has 2 aliphatic heterocycles. The van der Waals surface area contributed by atoms with Gasteiger partial charge in [-0.05, 0) is 55.4 Å². The summed E-state index contributed by atoms with van der Waals surface area (Å²) in [7, 11) is 0. The molecule has 2 heterocycles. The molecule has 0 unspecified atom stereocenters. The van der Waals surface area contributed by atoms with Gasteiger partial charge in [-0.1, -0.05) is 64.8 Å². The molecule has 37 heavy (non-hydrogen) atoms. The molecule has 0 aromatic heterocycles. The van der Waals surface area contributed by atoms with Crippen LogP contribution in [0.25, 0.3) is 0 Å². The number of rotatable bonds is 8. The Bertz CT molecular complexity index is 1100. The van der Waals surface area contributed by atoms with Crippen LogP contribution in [0.1, 0.15) is 55.7 Å². The van der Waals surface area contributed by atoms with E-state index < -0.39 is 5.54 Å². The number of likely N-dealkylation sites (tertiary alicyclic amines) is 1. The molecule has 2 N–H and O–H groups in total. The highest BCUT2D eigenvalue weighted by molar-refractivity contribution is 9.10. The van der Waals surface area contributed by atoms with Crippen molar-refractivity contribution in [3.63, 3.8) is 0 Å². The van der Waals surface area contributed by atoms with Crippen molar-refractivity contribution >= 4 is 46.2 Å². The first-order valence-electron chi connectivity index (χ1n) is 12.9. The molecule has 7 nitrogen and oxygen atoms in total. The average Bonchev–Trinajstić information content (AvgIpc) is 3.07. The summed E-state index contributed by atoms with van der Waals surface area (Å²) in [5.74, 6) is 0.200. The molecule has 0 radical (unpaired) electrons. The lowest BCUT2D eigenvalue weighted by atomic mass is 9.84. The van der Waals surface area contributed by atoms with Crippen molar-refractivity contribution in [2.75, 3.05) is 19.6 Å². The van der Waals surface area contributed by atoms with Crippen LogP contribution in [-0.2, 0) is 16.1 Å². The predicted octanol–water partition coefficient (Wildman–Crippen LogP) is 4.81. The molecule has 1 saturated carbocycles. The number of imide groups is 1. The minimum Gasteiger partial charge on any atom is -0.349 e. The highest BCUT2D eigenvalue weighted by Crippen LogP contribution is 2.32. The van der Waals surface area contributed by atoms with E-state index in [0.29, 0.717) is 12.8 Å². The number of carbonyl (C=O) groups excluding carboxylic acids is 3. The van der Waals surface area contributed by atoms with Crippen molar-refractivity contribution in [2.45, 2.75) is 56.7 Å². The van der Waals surface area contributed by atoms with E-state index in [9.17, 15) is 14.4 Å². The molecule has 3 fully saturated rings. The van der Waals surface area contributed by atoms with Crippen molar-refractivity contribution in [3.05, 3.63) is 70.2 Å². The molecule has 4 amide bonds. The summed E-state index contributed by atoms with van der Waals surface area (Å²) >= 11 is 3.42. The van der Waals surface area contributed by atoms with Gasteiger partial charge in [0.15, 0.2) is 0 Å². The van der Waals surface area contributed by atoms with Crippen molar-refractivity contribution in [3.8, 4) is 0 Å². The number of hydrogen-bond donors (Lipinski definition) is 2. The molecule has 5 rings (SSSR count). The van der Waals surface area contributed by atoms with Crippen LogP contribution >= 0.6 is 28.3 Å². The summed E-state index contributed by atoms with van der Waals surface area (Å²) in [4.78, 5) is 42.4. The zero-order valence-electron chi connectivity index (χ0n) is 20.8. The van der Waals surface area contributed by atoms with Gasteiger partial charge in [-0.15, -0.1) is 12.4 Å². The van der Waals surface area contributed by atoms with Crippen molar-refractivity contribution in [1.29, 1.82) is 0 Å². The monoisotopic (exact) mass is 588 g/mol. The topological polar surface area (TPSA) is 81.8 Å². The van der Waals surface area contributed by atoms with Crippen LogP contribution in [0.15, 0.2) is 59.1 Å². The lowest BCUT2D eigenvalue weighted by Gasteiger charge is -2.38. The van der Waals surface area contributed by atoms with Gasteiger partial charge in [0.05, 0.1) is 12.6 Å². The number of benzene rings is 2. The number of nitrogens with one attached hydrogen (secondary N) is 2. The second kappa shape index (κ2) is 12.0. The van der Waals surface area contributed by atoms with Crippen LogP contribution < -0.4 is 10.6 Å². The van der Waals surface area contributed by atoms with Crippen LogP contribution in [0.2, 0.25) is 0 Å². The van der Waals surface area contributed by atoms with Gasteiger partial charge in [0, 0.05) is 30.0 Å². The van der Waals surface area contributed by atoms with E-state index in [1.54, 1.807) is 0 Å². The Morgan fingerprint density at radius 1 is 1.05 bits per heavy atom. The lowest BCUT2D eigenvalue weighted by Crippen LogP contribution is -2.55. The second-order valence-corrected chi connectivity index (χ2v) is 11.2. The van der Waals surface area contributed by atoms with Crippen LogP contribution in [0.4, 0.5) is 4.79 Å². The van der Waals surface area contributed by atoms with Crippen LogP contribution in [0.5, 0.6) is 0 Å². The Kier molecular flexibility index (Phi) is 8.93. The van der Waals surface area contributed by atoms with Gasteiger partial charge in [-0.2, -0.15) is 0 Å². The molecule has 2 aromatic carbocycles. The molecule has 3 aliphatic rings. The Hall–Kier alpha value is -2.42. The lowest BCUT2D eigenvalue weighted by molar-refractivity contribution is -0.133. The highest BCUT2D eigenvalue weighted by Gasteiger charge is 2.52. The molecule has 9 heteroatoms. The summed E-state index contributed by atoms with van der Waals surface area (Å²) in [6.07, 6.45) is 5.11. The molecule has 2 aromatic rings. The zero-order valence-corrected chi connectivity index (χ0v) is 23.2. The fraction of sp³-hybridized carbons (Fsp3) is 0.464. The minimum absolute atomic E-state index is 0. The number of urea groups is 1. The third-order valence-corrected chi connectivity index (χ3v) is 8.47. The maximum atomic E-state index is 13.3. The first-order valence-corrected chi connectivity index (χ1v) is 13.7. The normalized spacial score (nSPS) is 20.2. The summed E-state index contributed by atoms with van der Waals surface area (Å²) < 4.78 is 0.962. The zero-order chi connectivity index (χ0) is 25.1. The van der Waals surface area contributed by atoms with Gasteiger partial charge in [-0.3, -0.25) is 14.5 Å². The molecule has 1 spiro atoms. The number of carbonyl (C=O) groups is 3. The quantitative estimate of drug-likeness (QED) is 0.433. The van der Waals surface area contributed by atoms with Crippen molar-refractivity contribution in [2.24, 2.45) is 5.92 Å². The first kappa shape index (κ1) is 27.6. The van der Waals surface area contributed by atoms with Gasteiger partial charge in [0.2, 0.25) is 5.91 Å². The van der Waals surface area contributed by atoms with E-state index in [1.807, 2.05) is 42.5 Å². The molecule has 1 aliphatic carbocycles. The molecular formula is C28H34BrClN4O3. The predicted molar refractivity (Wildman–Crippen MR) is 148 cm³/mol. The standard InChI is InChI=1S/C28H33BrN4O3.ClH/c29-23-11-9-20(10-12-23)19-33-26(35)28(31-27(33)36)14-17-32(18-15-28)16-13-24(21-5-2-1-3-6-21)30-25(34)22-7-4-8-22;/h1-3,5-6,9-12,22,24H,4,7-8,13-19H2,(H,30,34)(H,31,36);1H/t24-;/m0./s1. The number of amides is 4. The minimum atomic E-state index is -0.805. The molecule has 198 valence electrons. The molecule has 2 saturated heterocycles. The molecule has 1 atom stereocenters. The smallest absolute Gasteiger partial charge is 0.325 e. The second-order valence-electron chi connectivity index (χ2n) is 10.3. The van der Waals surface area contributed by atoms with Gasteiger partial charge < -0.3 is 15.5 Å². The van der Waals surface area contributed by atoms with E-state index in [2.05, 4.69) is 43.6 Å². The Morgan fingerprint density at radius 2 is 1.73 bits per heavy atom. The van der Waals surface area contributed by atoms with Gasteiger partial charge in [0.1, 0.15) is 5.54 Å².